The molecule has 21 heavy (non-hydrogen) atoms. The van der Waals surface area contributed by atoms with Gasteiger partial charge in [0, 0.05) is 18.7 Å². The summed E-state index contributed by atoms with van der Waals surface area (Å²) in [4.78, 5) is 13.5. The molecule has 0 bridgehead atoms. The van der Waals surface area contributed by atoms with Crippen molar-refractivity contribution in [3.63, 3.8) is 0 Å². The predicted octanol–water partition coefficient (Wildman–Crippen LogP) is 0.332. The van der Waals surface area contributed by atoms with Gasteiger partial charge in [-0.1, -0.05) is 18.2 Å². The number of rotatable bonds is 4. The number of carbonyl (C=O) groups excluding carboxylic acids is 1. The Labute approximate surface area is 123 Å². The van der Waals surface area contributed by atoms with E-state index >= 15 is 0 Å². The van der Waals surface area contributed by atoms with Gasteiger partial charge in [0.1, 0.15) is 6.61 Å². The molecule has 2 rings (SSSR count). The third-order valence-corrected chi connectivity index (χ3v) is 4.93. The summed E-state index contributed by atoms with van der Waals surface area (Å²) in [6, 6.07) is 8.97. The molecule has 1 aromatic carbocycles. The highest BCUT2D eigenvalue weighted by atomic mass is 32.2. The number of nitriles is 1. The van der Waals surface area contributed by atoms with Gasteiger partial charge < -0.3 is 4.74 Å². The Morgan fingerprint density at radius 2 is 1.95 bits per heavy atom. The SMILES string of the molecule is N#Cc1ccccc1COC(=O)CN1CCS(=O)(=O)CC1. The highest BCUT2D eigenvalue weighted by Gasteiger charge is 2.23. The van der Waals surface area contributed by atoms with Crippen LogP contribution >= 0.6 is 0 Å². The minimum absolute atomic E-state index is 0.0503. The Balaban J connectivity index is 1.82. The van der Waals surface area contributed by atoms with Gasteiger partial charge in [0.2, 0.25) is 0 Å². The molecular weight excluding hydrogens is 292 g/mol. The third kappa shape index (κ3) is 4.55. The summed E-state index contributed by atoms with van der Waals surface area (Å²) in [7, 11) is -2.95. The Kier molecular flexibility index (Phi) is 4.94. The highest BCUT2D eigenvalue weighted by molar-refractivity contribution is 7.91. The van der Waals surface area contributed by atoms with Crippen LogP contribution in [0.4, 0.5) is 0 Å². The lowest BCUT2D eigenvalue weighted by Gasteiger charge is -2.25. The largest absolute Gasteiger partial charge is 0.460 e. The number of hydrogen-bond donors (Lipinski definition) is 0. The summed E-state index contributed by atoms with van der Waals surface area (Å²) in [5, 5.41) is 8.94. The van der Waals surface area contributed by atoms with Crippen molar-refractivity contribution in [3.05, 3.63) is 35.4 Å². The van der Waals surface area contributed by atoms with Gasteiger partial charge in [-0.25, -0.2) is 8.42 Å². The molecule has 112 valence electrons. The number of hydrogen-bond acceptors (Lipinski definition) is 6. The lowest BCUT2D eigenvalue weighted by atomic mass is 10.1. The van der Waals surface area contributed by atoms with E-state index in [1.54, 1.807) is 29.2 Å². The zero-order valence-corrected chi connectivity index (χ0v) is 12.3. The summed E-state index contributed by atoms with van der Waals surface area (Å²) in [5.74, 6) is -0.253. The van der Waals surface area contributed by atoms with Crippen LogP contribution in [-0.4, -0.2) is 50.4 Å². The molecule has 1 heterocycles. The van der Waals surface area contributed by atoms with Gasteiger partial charge in [0.25, 0.3) is 0 Å². The van der Waals surface area contributed by atoms with Gasteiger partial charge in [-0.2, -0.15) is 5.26 Å². The van der Waals surface area contributed by atoms with Gasteiger partial charge in [0.05, 0.1) is 29.7 Å². The topological polar surface area (TPSA) is 87.5 Å². The molecule has 6 nitrogen and oxygen atoms in total. The van der Waals surface area contributed by atoms with Crippen LogP contribution in [0, 0.1) is 11.3 Å². The van der Waals surface area contributed by atoms with Crippen molar-refractivity contribution in [2.24, 2.45) is 0 Å². The first-order valence-electron chi connectivity index (χ1n) is 6.56. The first-order valence-corrected chi connectivity index (χ1v) is 8.39. The minimum atomic E-state index is -2.95. The summed E-state index contributed by atoms with van der Waals surface area (Å²) in [6.45, 7) is 0.831. The van der Waals surface area contributed by atoms with E-state index in [0.29, 0.717) is 24.2 Å². The summed E-state index contributed by atoms with van der Waals surface area (Å²) < 4.78 is 27.7. The van der Waals surface area contributed by atoms with Gasteiger partial charge in [-0.05, 0) is 6.07 Å². The van der Waals surface area contributed by atoms with Gasteiger partial charge in [-0.15, -0.1) is 0 Å². The van der Waals surface area contributed by atoms with Gasteiger partial charge in [-0.3, -0.25) is 9.69 Å². The van der Waals surface area contributed by atoms with E-state index in [1.165, 1.54) is 0 Å². The summed E-state index contributed by atoms with van der Waals surface area (Å²) >= 11 is 0. The normalized spacial score (nSPS) is 17.9. The molecule has 1 aliphatic rings. The van der Waals surface area contributed by atoms with E-state index in [9.17, 15) is 13.2 Å². The minimum Gasteiger partial charge on any atom is -0.460 e. The maximum atomic E-state index is 11.7. The van der Waals surface area contributed by atoms with E-state index < -0.39 is 15.8 Å². The molecule has 7 heteroatoms. The molecule has 0 amide bonds. The molecule has 1 saturated heterocycles. The van der Waals surface area contributed by atoms with Crippen LogP contribution in [0.1, 0.15) is 11.1 Å². The fourth-order valence-electron chi connectivity index (χ4n) is 2.05. The van der Waals surface area contributed by atoms with E-state index in [1.807, 2.05) is 6.07 Å². The van der Waals surface area contributed by atoms with E-state index in [4.69, 9.17) is 10.00 Å². The third-order valence-electron chi connectivity index (χ3n) is 3.32. The van der Waals surface area contributed by atoms with Crippen molar-refractivity contribution >= 4 is 15.8 Å². The molecule has 0 aliphatic carbocycles. The lowest BCUT2D eigenvalue weighted by Crippen LogP contribution is -2.43. The Morgan fingerprint density at radius 1 is 1.29 bits per heavy atom. The average molecular weight is 308 g/mol. The van der Waals surface area contributed by atoms with Crippen LogP contribution in [0.3, 0.4) is 0 Å². The number of nitrogens with zero attached hydrogens (tertiary/aromatic N) is 2. The van der Waals surface area contributed by atoms with Crippen LogP contribution < -0.4 is 0 Å². The van der Waals surface area contributed by atoms with Crippen molar-refractivity contribution < 1.29 is 17.9 Å². The molecule has 0 saturated carbocycles. The second kappa shape index (κ2) is 6.70. The van der Waals surface area contributed by atoms with Crippen LogP contribution in [0.5, 0.6) is 0 Å². The van der Waals surface area contributed by atoms with E-state index in [-0.39, 0.29) is 24.7 Å². The molecule has 0 radical (unpaired) electrons. The van der Waals surface area contributed by atoms with Crippen molar-refractivity contribution in [3.8, 4) is 6.07 Å². The second-order valence-corrected chi connectivity index (χ2v) is 7.16. The summed E-state index contributed by atoms with van der Waals surface area (Å²) in [5.41, 5.74) is 1.14. The maximum absolute atomic E-state index is 11.7. The quantitative estimate of drug-likeness (QED) is 0.745. The molecule has 0 N–H and O–H groups in total. The first kappa shape index (κ1) is 15.5. The lowest BCUT2D eigenvalue weighted by molar-refractivity contribution is -0.146. The first-order chi connectivity index (χ1) is 10.00. The Hall–Kier alpha value is -1.91. The van der Waals surface area contributed by atoms with Gasteiger partial charge in [0.15, 0.2) is 9.84 Å². The highest BCUT2D eigenvalue weighted by Crippen LogP contribution is 2.09. The van der Waals surface area contributed by atoms with Gasteiger partial charge >= 0.3 is 5.97 Å². The molecule has 0 spiro atoms. The number of carbonyl (C=O) groups is 1. The molecular formula is C14H16N2O4S. The maximum Gasteiger partial charge on any atom is 0.320 e. The standard InChI is InChI=1S/C14H16N2O4S/c15-9-12-3-1-2-4-13(12)11-20-14(17)10-16-5-7-21(18,19)8-6-16/h1-4H,5-8,10-11H2. The van der Waals surface area contributed by atoms with Crippen LogP contribution in [0.25, 0.3) is 0 Å². The van der Waals surface area contributed by atoms with Crippen LogP contribution in [0.15, 0.2) is 24.3 Å². The van der Waals surface area contributed by atoms with Crippen LogP contribution in [0.2, 0.25) is 0 Å². The van der Waals surface area contributed by atoms with Crippen molar-refractivity contribution in [1.82, 2.24) is 4.90 Å². The molecule has 1 aromatic rings. The molecule has 0 atom stereocenters. The van der Waals surface area contributed by atoms with Crippen molar-refractivity contribution in [2.45, 2.75) is 6.61 Å². The predicted molar refractivity (Wildman–Crippen MR) is 76.0 cm³/mol. The zero-order chi connectivity index (χ0) is 15.3. The van der Waals surface area contributed by atoms with E-state index in [2.05, 4.69) is 0 Å². The number of esters is 1. The smallest absolute Gasteiger partial charge is 0.320 e. The monoisotopic (exact) mass is 308 g/mol. The fraction of sp³-hybridized carbons (Fsp3) is 0.429. The molecule has 1 aliphatic heterocycles. The van der Waals surface area contributed by atoms with E-state index in [0.717, 1.165) is 0 Å². The number of sulfone groups is 1. The fourth-order valence-corrected chi connectivity index (χ4v) is 3.33. The molecule has 1 fully saturated rings. The zero-order valence-electron chi connectivity index (χ0n) is 11.5. The second-order valence-electron chi connectivity index (χ2n) is 4.86. The average Bonchev–Trinajstić information content (AvgIpc) is 2.47. The van der Waals surface area contributed by atoms with Crippen molar-refractivity contribution in [2.75, 3.05) is 31.1 Å². The summed E-state index contributed by atoms with van der Waals surface area (Å²) in [6.07, 6.45) is 0. The Morgan fingerprint density at radius 3 is 2.62 bits per heavy atom. The number of ether oxygens (including phenoxy) is 1. The van der Waals surface area contributed by atoms with Crippen molar-refractivity contribution in [1.29, 1.82) is 5.26 Å². The number of benzene rings is 1. The Bertz CT molecular complexity index is 650. The van der Waals surface area contributed by atoms with Crippen LogP contribution in [-0.2, 0) is 26.0 Å². The molecule has 0 unspecified atom stereocenters. The molecule has 0 aromatic heterocycles.